The molecule has 0 spiro atoms. The zero-order valence-corrected chi connectivity index (χ0v) is 11.3. The highest BCUT2D eigenvalue weighted by Crippen LogP contribution is 2.18. The summed E-state index contributed by atoms with van der Waals surface area (Å²) in [6.45, 7) is 3.70. The molecule has 0 aliphatic carbocycles. The second kappa shape index (κ2) is 6.95. The zero-order valence-electron chi connectivity index (χ0n) is 11.3. The Balaban J connectivity index is 2.87. The number of aliphatic hydroxyl groups excluding tert-OH is 1. The van der Waals surface area contributed by atoms with Gasteiger partial charge in [-0.25, -0.2) is 0 Å². The predicted molar refractivity (Wildman–Crippen MR) is 70.8 cm³/mol. The first-order valence-corrected chi connectivity index (χ1v) is 6.22. The fourth-order valence-electron chi connectivity index (χ4n) is 1.76. The van der Waals surface area contributed by atoms with Gasteiger partial charge in [0, 0.05) is 24.3 Å². The summed E-state index contributed by atoms with van der Waals surface area (Å²) in [5.41, 5.74) is -0.658. The lowest BCUT2D eigenvalue weighted by Gasteiger charge is -2.21. The Morgan fingerprint density at radius 1 is 1.50 bits per heavy atom. The van der Waals surface area contributed by atoms with E-state index in [0.29, 0.717) is 6.42 Å². The third-order valence-corrected chi connectivity index (χ3v) is 2.97. The molecule has 0 saturated heterocycles. The van der Waals surface area contributed by atoms with E-state index >= 15 is 0 Å². The summed E-state index contributed by atoms with van der Waals surface area (Å²) >= 11 is 0. The molecule has 7 heteroatoms. The van der Waals surface area contributed by atoms with Gasteiger partial charge in [-0.2, -0.15) is 4.39 Å². The summed E-state index contributed by atoms with van der Waals surface area (Å²) in [7, 11) is 0. The molecule has 0 fully saturated rings. The topological polar surface area (TPSA) is 92.5 Å². The molecule has 0 radical (unpaired) electrons. The van der Waals surface area contributed by atoms with Gasteiger partial charge in [-0.1, -0.05) is 13.8 Å². The first-order chi connectivity index (χ1) is 9.36. The van der Waals surface area contributed by atoms with E-state index in [9.17, 15) is 19.3 Å². The smallest absolute Gasteiger partial charge is 0.304 e. The molecule has 1 aromatic carbocycles. The minimum Gasteiger partial charge on any atom is -0.396 e. The number of carbonyl (C=O) groups is 1. The van der Waals surface area contributed by atoms with E-state index in [1.807, 2.05) is 13.8 Å². The van der Waals surface area contributed by atoms with Crippen molar-refractivity contribution in [2.45, 2.75) is 26.3 Å². The number of amides is 1. The third-order valence-electron chi connectivity index (χ3n) is 2.97. The highest BCUT2D eigenvalue weighted by Gasteiger charge is 2.20. The lowest BCUT2D eigenvalue weighted by Crippen LogP contribution is -2.39. The molecule has 1 rings (SSSR count). The monoisotopic (exact) mass is 284 g/mol. The second-order valence-corrected chi connectivity index (χ2v) is 4.76. The highest BCUT2D eigenvalue weighted by atomic mass is 19.1. The third kappa shape index (κ3) is 3.99. The molecule has 2 N–H and O–H groups in total. The van der Waals surface area contributed by atoms with Crippen LogP contribution in [0.15, 0.2) is 18.2 Å². The second-order valence-electron chi connectivity index (χ2n) is 4.76. The number of nitrogens with zero attached hydrogens (tertiary/aromatic N) is 1. The summed E-state index contributed by atoms with van der Waals surface area (Å²) in [5, 5.41) is 22.1. The zero-order chi connectivity index (χ0) is 15.3. The van der Waals surface area contributed by atoms with Gasteiger partial charge >= 0.3 is 5.69 Å². The molecule has 110 valence electrons. The maximum Gasteiger partial charge on any atom is 0.304 e. The quantitative estimate of drug-likeness (QED) is 0.616. The first kappa shape index (κ1) is 16.0. The van der Waals surface area contributed by atoms with Crippen LogP contribution in [0.5, 0.6) is 0 Å². The van der Waals surface area contributed by atoms with Crippen LogP contribution in [-0.2, 0) is 0 Å². The van der Waals surface area contributed by atoms with Crippen LogP contribution < -0.4 is 5.32 Å². The first-order valence-electron chi connectivity index (χ1n) is 6.22. The Labute approximate surface area is 115 Å². The molecule has 0 saturated carbocycles. The minimum absolute atomic E-state index is 0.0108. The molecule has 0 bridgehead atoms. The van der Waals surface area contributed by atoms with E-state index in [0.717, 1.165) is 12.1 Å². The largest absolute Gasteiger partial charge is 0.396 e. The molecule has 20 heavy (non-hydrogen) atoms. The molecular formula is C13H17FN2O4. The van der Waals surface area contributed by atoms with E-state index in [4.69, 9.17) is 5.11 Å². The van der Waals surface area contributed by atoms with Gasteiger partial charge in [0.05, 0.1) is 4.92 Å². The van der Waals surface area contributed by atoms with Crippen molar-refractivity contribution in [3.05, 3.63) is 39.7 Å². The number of halogens is 1. The van der Waals surface area contributed by atoms with Crippen LogP contribution in [0, 0.1) is 21.8 Å². The van der Waals surface area contributed by atoms with E-state index in [-0.39, 0.29) is 24.1 Å². The standard InChI is InChI=1S/C13H17FN2O4/c1-8(2)11(5-6-17)15-13(18)9-3-4-12(16(19)20)10(14)7-9/h3-4,7-8,11,17H,5-6H2,1-2H3,(H,15,18). The van der Waals surface area contributed by atoms with Crippen LogP contribution in [0.3, 0.4) is 0 Å². The number of carbonyl (C=O) groups excluding carboxylic acids is 1. The predicted octanol–water partition coefficient (Wildman–Crippen LogP) is 1.87. The van der Waals surface area contributed by atoms with Crippen LogP contribution in [0.1, 0.15) is 30.6 Å². The van der Waals surface area contributed by atoms with Crippen molar-refractivity contribution in [1.82, 2.24) is 5.32 Å². The van der Waals surface area contributed by atoms with E-state index in [1.165, 1.54) is 6.07 Å². The molecule has 1 atom stereocenters. The Morgan fingerprint density at radius 3 is 2.60 bits per heavy atom. The molecule has 0 heterocycles. The summed E-state index contributed by atoms with van der Waals surface area (Å²) in [6.07, 6.45) is 0.388. The van der Waals surface area contributed by atoms with Gasteiger partial charge < -0.3 is 10.4 Å². The van der Waals surface area contributed by atoms with Crippen molar-refractivity contribution in [2.75, 3.05) is 6.61 Å². The normalized spacial score (nSPS) is 12.2. The van der Waals surface area contributed by atoms with Gasteiger partial charge in [-0.05, 0) is 24.5 Å². The van der Waals surface area contributed by atoms with Crippen LogP contribution in [-0.4, -0.2) is 28.6 Å². The molecular weight excluding hydrogens is 267 g/mol. The minimum atomic E-state index is -1.05. The molecule has 6 nitrogen and oxygen atoms in total. The van der Waals surface area contributed by atoms with Crippen LogP contribution in [0.4, 0.5) is 10.1 Å². The number of rotatable bonds is 6. The summed E-state index contributed by atoms with van der Waals surface area (Å²) in [5.74, 6) is -1.47. The number of nitro groups is 1. The molecule has 0 aromatic heterocycles. The van der Waals surface area contributed by atoms with Gasteiger partial charge in [0.15, 0.2) is 0 Å². The van der Waals surface area contributed by atoms with Crippen molar-refractivity contribution < 1.29 is 19.2 Å². The van der Waals surface area contributed by atoms with Gasteiger partial charge in [0.25, 0.3) is 5.91 Å². The number of hydrogen-bond donors (Lipinski definition) is 2. The fourth-order valence-corrected chi connectivity index (χ4v) is 1.76. The number of benzene rings is 1. The highest BCUT2D eigenvalue weighted by molar-refractivity contribution is 5.94. The molecule has 0 aliphatic heterocycles. The average molecular weight is 284 g/mol. The van der Waals surface area contributed by atoms with E-state index in [1.54, 1.807) is 0 Å². The summed E-state index contributed by atoms with van der Waals surface area (Å²) < 4.78 is 13.4. The van der Waals surface area contributed by atoms with Crippen LogP contribution in [0.2, 0.25) is 0 Å². The Hall–Kier alpha value is -2.02. The Kier molecular flexibility index (Phi) is 5.57. The van der Waals surface area contributed by atoms with Crippen molar-refractivity contribution in [2.24, 2.45) is 5.92 Å². The van der Waals surface area contributed by atoms with Crippen LogP contribution in [0.25, 0.3) is 0 Å². The van der Waals surface area contributed by atoms with Crippen molar-refractivity contribution in [3.63, 3.8) is 0 Å². The fraction of sp³-hybridized carbons (Fsp3) is 0.462. The summed E-state index contributed by atoms with van der Waals surface area (Å²) in [6, 6.07) is 2.75. The summed E-state index contributed by atoms with van der Waals surface area (Å²) in [4.78, 5) is 21.6. The number of nitrogens with one attached hydrogen (secondary N) is 1. The van der Waals surface area contributed by atoms with Crippen LogP contribution >= 0.6 is 0 Å². The lowest BCUT2D eigenvalue weighted by molar-refractivity contribution is -0.387. The number of hydrogen-bond acceptors (Lipinski definition) is 4. The van der Waals surface area contributed by atoms with E-state index < -0.39 is 22.3 Å². The molecule has 1 aromatic rings. The maximum atomic E-state index is 13.4. The molecule has 1 unspecified atom stereocenters. The SMILES string of the molecule is CC(C)C(CCO)NC(=O)c1ccc([N+](=O)[O-])c(F)c1. The number of aliphatic hydroxyl groups is 1. The lowest BCUT2D eigenvalue weighted by atomic mass is 10.0. The van der Waals surface area contributed by atoms with E-state index in [2.05, 4.69) is 5.32 Å². The van der Waals surface area contributed by atoms with Crippen molar-refractivity contribution in [1.29, 1.82) is 0 Å². The van der Waals surface area contributed by atoms with Crippen molar-refractivity contribution >= 4 is 11.6 Å². The average Bonchev–Trinajstić information content (AvgIpc) is 2.37. The van der Waals surface area contributed by atoms with Gasteiger partial charge in [-0.15, -0.1) is 0 Å². The van der Waals surface area contributed by atoms with Crippen molar-refractivity contribution in [3.8, 4) is 0 Å². The Morgan fingerprint density at radius 2 is 2.15 bits per heavy atom. The van der Waals surface area contributed by atoms with Gasteiger partial charge in [-0.3, -0.25) is 14.9 Å². The maximum absolute atomic E-state index is 13.4. The van der Waals surface area contributed by atoms with Gasteiger partial charge in [0.1, 0.15) is 0 Å². The molecule has 1 amide bonds. The molecule has 0 aliphatic rings. The Bertz CT molecular complexity index is 505. The van der Waals surface area contributed by atoms with Gasteiger partial charge in [0.2, 0.25) is 5.82 Å². The number of nitro benzene ring substituents is 1.